The zero-order valence-corrected chi connectivity index (χ0v) is 14.6. The van der Waals surface area contributed by atoms with Gasteiger partial charge in [-0.1, -0.05) is 40.7 Å². The average Bonchev–Trinajstić information content (AvgIpc) is 2.53. The standard InChI is InChI=1S/C17H15BrN2O2S/c1-2-9-22-15-8-4-7-14(11-15)19-17(23)20-16(21)12-5-3-6-13(18)10-12/h2-8,10-11H,1,9H2,(H2,19,20,21,23). The Morgan fingerprint density at radius 1 is 1.26 bits per heavy atom. The lowest BCUT2D eigenvalue weighted by Crippen LogP contribution is -2.34. The molecule has 0 aromatic heterocycles. The van der Waals surface area contributed by atoms with E-state index >= 15 is 0 Å². The summed E-state index contributed by atoms with van der Waals surface area (Å²) in [7, 11) is 0. The first-order chi connectivity index (χ1) is 11.1. The molecule has 2 N–H and O–H groups in total. The summed E-state index contributed by atoms with van der Waals surface area (Å²) in [5.41, 5.74) is 1.25. The number of thiocarbonyl (C=S) groups is 1. The minimum absolute atomic E-state index is 0.218. The van der Waals surface area contributed by atoms with Crippen molar-refractivity contribution in [2.24, 2.45) is 0 Å². The fourth-order valence-corrected chi connectivity index (χ4v) is 2.40. The lowest BCUT2D eigenvalue weighted by Gasteiger charge is -2.11. The van der Waals surface area contributed by atoms with E-state index in [2.05, 4.69) is 33.1 Å². The normalized spacial score (nSPS) is 9.78. The van der Waals surface area contributed by atoms with Crippen molar-refractivity contribution < 1.29 is 9.53 Å². The van der Waals surface area contributed by atoms with Crippen LogP contribution in [0, 0.1) is 0 Å². The van der Waals surface area contributed by atoms with E-state index in [0.717, 1.165) is 10.2 Å². The zero-order chi connectivity index (χ0) is 16.7. The minimum atomic E-state index is -0.275. The SMILES string of the molecule is C=CCOc1cccc(NC(=S)NC(=O)c2cccc(Br)c2)c1. The van der Waals surface area contributed by atoms with Gasteiger partial charge in [0.15, 0.2) is 5.11 Å². The number of carbonyl (C=O) groups is 1. The third-order valence-corrected chi connectivity index (χ3v) is 3.47. The average molecular weight is 391 g/mol. The number of hydrogen-bond acceptors (Lipinski definition) is 3. The van der Waals surface area contributed by atoms with Gasteiger partial charge in [0.25, 0.3) is 5.91 Å². The van der Waals surface area contributed by atoms with Gasteiger partial charge in [0.05, 0.1) is 0 Å². The topological polar surface area (TPSA) is 50.4 Å². The molecule has 2 rings (SSSR count). The first-order valence-electron chi connectivity index (χ1n) is 6.80. The van der Waals surface area contributed by atoms with Gasteiger partial charge in [-0.3, -0.25) is 10.1 Å². The molecule has 0 fully saturated rings. The number of halogens is 1. The van der Waals surface area contributed by atoms with Crippen molar-refractivity contribution in [1.82, 2.24) is 5.32 Å². The number of carbonyl (C=O) groups excluding carboxylic acids is 1. The van der Waals surface area contributed by atoms with Crippen molar-refractivity contribution >= 4 is 44.9 Å². The van der Waals surface area contributed by atoms with Gasteiger partial charge in [-0.2, -0.15) is 0 Å². The molecule has 6 heteroatoms. The molecular formula is C17H15BrN2O2S. The molecule has 0 atom stereocenters. The summed E-state index contributed by atoms with van der Waals surface area (Å²) < 4.78 is 6.28. The highest BCUT2D eigenvalue weighted by atomic mass is 79.9. The monoisotopic (exact) mass is 390 g/mol. The predicted molar refractivity (Wildman–Crippen MR) is 100.0 cm³/mol. The van der Waals surface area contributed by atoms with E-state index in [1.807, 2.05) is 24.3 Å². The Labute approximate surface area is 148 Å². The van der Waals surface area contributed by atoms with Gasteiger partial charge in [0, 0.05) is 21.8 Å². The maximum absolute atomic E-state index is 12.1. The van der Waals surface area contributed by atoms with Crippen molar-refractivity contribution in [3.8, 4) is 5.75 Å². The Morgan fingerprint density at radius 3 is 2.78 bits per heavy atom. The molecular weight excluding hydrogens is 376 g/mol. The number of hydrogen-bond donors (Lipinski definition) is 2. The highest BCUT2D eigenvalue weighted by Crippen LogP contribution is 2.17. The van der Waals surface area contributed by atoms with Gasteiger partial charge in [-0.15, -0.1) is 0 Å². The Morgan fingerprint density at radius 2 is 2.04 bits per heavy atom. The molecule has 0 bridgehead atoms. The van der Waals surface area contributed by atoms with Crippen LogP contribution < -0.4 is 15.4 Å². The van der Waals surface area contributed by atoms with E-state index in [1.165, 1.54) is 0 Å². The Balaban J connectivity index is 1.96. The van der Waals surface area contributed by atoms with E-state index in [0.29, 0.717) is 17.9 Å². The van der Waals surface area contributed by atoms with Gasteiger partial charge in [0.1, 0.15) is 12.4 Å². The van der Waals surface area contributed by atoms with Crippen LogP contribution in [0.5, 0.6) is 5.75 Å². The number of benzene rings is 2. The highest BCUT2D eigenvalue weighted by molar-refractivity contribution is 9.10. The van der Waals surface area contributed by atoms with Crippen LogP contribution in [0.25, 0.3) is 0 Å². The van der Waals surface area contributed by atoms with Gasteiger partial charge in [-0.05, 0) is 42.5 Å². The molecule has 0 spiro atoms. The van der Waals surface area contributed by atoms with E-state index in [9.17, 15) is 4.79 Å². The molecule has 23 heavy (non-hydrogen) atoms. The zero-order valence-electron chi connectivity index (χ0n) is 12.2. The first kappa shape index (κ1) is 17.2. The van der Waals surface area contributed by atoms with Crippen molar-refractivity contribution in [2.75, 3.05) is 11.9 Å². The largest absolute Gasteiger partial charge is 0.489 e. The Bertz CT molecular complexity index is 734. The van der Waals surface area contributed by atoms with Crippen molar-refractivity contribution in [1.29, 1.82) is 0 Å². The first-order valence-corrected chi connectivity index (χ1v) is 8.00. The summed E-state index contributed by atoms with van der Waals surface area (Å²) in [4.78, 5) is 12.1. The minimum Gasteiger partial charge on any atom is -0.489 e. The second-order valence-corrected chi connectivity index (χ2v) is 5.87. The summed E-state index contributed by atoms with van der Waals surface area (Å²) in [6, 6.07) is 14.4. The van der Waals surface area contributed by atoms with E-state index in [4.69, 9.17) is 17.0 Å². The highest BCUT2D eigenvalue weighted by Gasteiger charge is 2.08. The van der Waals surface area contributed by atoms with Crippen LogP contribution in [0.1, 0.15) is 10.4 Å². The van der Waals surface area contributed by atoms with Gasteiger partial charge < -0.3 is 10.1 Å². The molecule has 0 saturated heterocycles. The lowest BCUT2D eigenvalue weighted by molar-refractivity contribution is 0.0977. The van der Waals surface area contributed by atoms with Gasteiger partial charge in [-0.25, -0.2) is 0 Å². The second kappa shape index (κ2) is 8.45. The fourth-order valence-electron chi connectivity index (χ4n) is 1.79. The number of rotatable bonds is 5. The third kappa shape index (κ3) is 5.50. The second-order valence-electron chi connectivity index (χ2n) is 4.55. The molecule has 0 unspecified atom stereocenters. The van der Waals surface area contributed by atoms with E-state index in [1.54, 1.807) is 30.3 Å². The van der Waals surface area contributed by atoms with Gasteiger partial charge >= 0.3 is 0 Å². The predicted octanol–water partition coefficient (Wildman–Crippen LogP) is 4.14. The lowest BCUT2D eigenvalue weighted by atomic mass is 10.2. The molecule has 1 amide bonds. The summed E-state index contributed by atoms with van der Waals surface area (Å²) in [6.45, 7) is 4.03. The maximum Gasteiger partial charge on any atom is 0.257 e. The van der Waals surface area contributed by atoms with Crippen LogP contribution >= 0.6 is 28.1 Å². The van der Waals surface area contributed by atoms with Crippen LogP contribution in [0.4, 0.5) is 5.69 Å². The summed E-state index contributed by atoms with van der Waals surface area (Å²) in [6.07, 6.45) is 1.67. The molecule has 4 nitrogen and oxygen atoms in total. The fraction of sp³-hybridized carbons (Fsp3) is 0.0588. The number of nitrogens with one attached hydrogen (secondary N) is 2. The van der Waals surface area contributed by atoms with Crippen LogP contribution in [0.2, 0.25) is 0 Å². The van der Waals surface area contributed by atoms with Gasteiger partial charge in [0.2, 0.25) is 0 Å². The Kier molecular flexibility index (Phi) is 6.31. The summed E-state index contributed by atoms with van der Waals surface area (Å²) >= 11 is 8.49. The van der Waals surface area contributed by atoms with Crippen LogP contribution in [0.3, 0.4) is 0 Å². The van der Waals surface area contributed by atoms with Crippen molar-refractivity contribution in [3.05, 3.63) is 71.2 Å². The molecule has 0 aliphatic carbocycles. The van der Waals surface area contributed by atoms with Crippen LogP contribution in [-0.2, 0) is 0 Å². The summed E-state index contributed by atoms with van der Waals surface area (Å²) in [5.74, 6) is 0.416. The van der Waals surface area contributed by atoms with Crippen LogP contribution in [0.15, 0.2) is 65.7 Å². The molecule has 2 aromatic carbocycles. The van der Waals surface area contributed by atoms with E-state index in [-0.39, 0.29) is 11.0 Å². The molecule has 0 saturated carbocycles. The quantitative estimate of drug-likeness (QED) is 0.594. The maximum atomic E-state index is 12.1. The number of ether oxygens (including phenoxy) is 1. The van der Waals surface area contributed by atoms with Crippen LogP contribution in [-0.4, -0.2) is 17.6 Å². The number of amides is 1. The molecule has 0 aliphatic rings. The smallest absolute Gasteiger partial charge is 0.257 e. The van der Waals surface area contributed by atoms with Crippen molar-refractivity contribution in [2.45, 2.75) is 0 Å². The molecule has 0 aliphatic heterocycles. The molecule has 0 radical (unpaired) electrons. The summed E-state index contributed by atoms with van der Waals surface area (Å²) in [5, 5.41) is 5.81. The number of anilines is 1. The molecule has 2 aromatic rings. The van der Waals surface area contributed by atoms with Crippen molar-refractivity contribution in [3.63, 3.8) is 0 Å². The molecule has 0 heterocycles. The third-order valence-electron chi connectivity index (χ3n) is 2.77. The van der Waals surface area contributed by atoms with E-state index < -0.39 is 0 Å². The molecule has 118 valence electrons. The Hall–Kier alpha value is -2.18.